The number of carbonyl (C=O) groups excluding carboxylic acids is 1. The summed E-state index contributed by atoms with van der Waals surface area (Å²) in [5.74, 6) is -0.412. The Labute approximate surface area is 107 Å². The SMILES string of the molecule is CCOC(=O)/C=C/COc1cc(F)ccc1Br. The minimum Gasteiger partial charge on any atom is -0.488 e. The van der Waals surface area contributed by atoms with E-state index in [0.29, 0.717) is 16.8 Å². The highest BCUT2D eigenvalue weighted by molar-refractivity contribution is 9.10. The lowest BCUT2D eigenvalue weighted by Crippen LogP contribution is -2.01. The van der Waals surface area contributed by atoms with Gasteiger partial charge in [-0.2, -0.15) is 0 Å². The van der Waals surface area contributed by atoms with Crippen LogP contribution in [0.2, 0.25) is 0 Å². The Morgan fingerprint density at radius 1 is 1.53 bits per heavy atom. The Kier molecular flexibility index (Phi) is 5.69. The van der Waals surface area contributed by atoms with Crippen molar-refractivity contribution in [3.05, 3.63) is 40.6 Å². The summed E-state index contributed by atoms with van der Waals surface area (Å²) in [6.45, 7) is 2.23. The van der Waals surface area contributed by atoms with Crippen molar-refractivity contribution in [2.45, 2.75) is 6.92 Å². The number of ether oxygens (including phenoxy) is 2. The van der Waals surface area contributed by atoms with Gasteiger partial charge in [0, 0.05) is 12.1 Å². The fourth-order valence-electron chi connectivity index (χ4n) is 1.06. The van der Waals surface area contributed by atoms with Crippen molar-refractivity contribution in [3.8, 4) is 5.75 Å². The van der Waals surface area contributed by atoms with Crippen LogP contribution in [0, 0.1) is 5.82 Å². The van der Waals surface area contributed by atoms with Gasteiger partial charge in [0.2, 0.25) is 0 Å². The van der Waals surface area contributed by atoms with Gasteiger partial charge in [-0.25, -0.2) is 9.18 Å². The van der Waals surface area contributed by atoms with Crippen molar-refractivity contribution < 1.29 is 18.7 Å². The molecule has 0 aromatic heterocycles. The molecule has 5 heteroatoms. The van der Waals surface area contributed by atoms with Crippen LogP contribution in [-0.4, -0.2) is 19.2 Å². The molecule has 0 fully saturated rings. The van der Waals surface area contributed by atoms with E-state index < -0.39 is 5.97 Å². The van der Waals surface area contributed by atoms with Crippen molar-refractivity contribution in [3.63, 3.8) is 0 Å². The van der Waals surface area contributed by atoms with Crippen LogP contribution < -0.4 is 4.74 Å². The van der Waals surface area contributed by atoms with Gasteiger partial charge < -0.3 is 9.47 Å². The number of hydrogen-bond donors (Lipinski definition) is 0. The molecule has 0 aliphatic heterocycles. The Bertz CT molecular complexity index is 418. The van der Waals surface area contributed by atoms with Gasteiger partial charge in [0.1, 0.15) is 18.2 Å². The highest BCUT2D eigenvalue weighted by atomic mass is 79.9. The van der Waals surface area contributed by atoms with Crippen LogP contribution in [0.25, 0.3) is 0 Å². The Morgan fingerprint density at radius 2 is 2.29 bits per heavy atom. The van der Waals surface area contributed by atoms with Gasteiger partial charge in [0.05, 0.1) is 11.1 Å². The van der Waals surface area contributed by atoms with E-state index in [2.05, 4.69) is 20.7 Å². The highest BCUT2D eigenvalue weighted by Crippen LogP contribution is 2.25. The van der Waals surface area contributed by atoms with Gasteiger partial charge in [0.25, 0.3) is 0 Å². The molecule has 1 aromatic carbocycles. The molecule has 0 bridgehead atoms. The number of benzene rings is 1. The van der Waals surface area contributed by atoms with Crippen LogP contribution in [0.4, 0.5) is 4.39 Å². The molecule has 1 rings (SSSR count). The third kappa shape index (κ3) is 4.99. The lowest BCUT2D eigenvalue weighted by atomic mass is 10.3. The predicted molar refractivity (Wildman–Crippen MR) is 65.4 cm³/mol. The van der Waals surface area contributed by atoms with E-state index in [1.165, 1.54) is 24.3 Å². The summed E-state index contributed by atoms with van der Waals surface area (Å²) < 4.78 is 23.5. The fraction of sp³-hybridized carbons (Fsp3) is 0.250. The smallest absolute Gasteiger partial charge is 0.330 e. The molecule has 92 valence electrons. The van der Waals surface area contributed by atoms with Crippen molar-refractivity contribution in [1.29, 1.82) is 0 Å². The zero-order chi connectivity index (χ0) is 12.7. The molecule has 3 nitrogen and oxygen atoms in total. The van der Waals surface area contributed by atoms with E-state index >= 15 is 0 Å². The number of carbonyl (C=O) groups is 1. The van der Waals surface area contributed by atoms with Crippen molar-refractivity contribution in [1.82, 2.24) is 0 Å². The van der Waals surface area contributed by atoms with Crippen molar-refractivity contribution in [2.75, 3.05) is 13.2 Å². The second-order valence-electron chi connectivity index (χ2n) is 3.04. The Hall–Kier alpha value is -1.36. The van der Waals surface area contributed by atoms with Crippen molar-refractivity contribution in [2.24, 2.45) is 0 Å². The summed E-state index contributed by atoms with van der Waals surface area (Å²) >= 11 is 3.23. The number of halogens is 2. The number of hydrogen-bond acceptors (Lipinski definition) is 3. The van der Waals surface area contributed by atoms with E-state index in [-0.39, 0.29) is 12.4 Å². The first kappa shape index (κ1) is 13.7. The molecular weight excluding hydrogens is 291 g/mol. The largest absolute Gasteiger partial charge is 0.488 e. The quantitative estimate of drug-likeness (QED) is 0.619. The van der Waals surface area contributed by atoms with Crippen LogP contribution in [-0.2, 0) is 9.53 Å². The molecule has 17 heavy (non-hydrogen) atoms. The van der Waals surface area contributed by atoms with E-state index in [4.69, 9.17) is 4.74 Å². The second-order valence-corrected chi connectivity index (χ2v) is 3.89. The van der Waals surface area contributed by atoms with Gasteiger partial charge in [0.15, 0.2) is 0 Å². The molecule has 0 unspecified atom stereocenters. The monoisotopic (exact) mass is 302 g/mol. The molecule has 0 radical (unpaired) electrons. The van der Waals surface area contributed by atoms with Gasteiger partial charge in [-0.15, -0.1) is 0 Å². The number of rotatable bonds is 5. The average molecular weight is 303 g/mol. The van der Waals surface area contributed by atoms with Crippen LogP contribution in [0.15, 0.2) is 34.8 Å². The first-order valence-electron chi connectivity index (χ1n) is 5.04. The summed E-state index contributed by atoms with van der Waals surface area (Å²) in [4.78, 5) is 10.9. The average Bonchev–Trinajstić information content (AvgIpc) is 2.29. The maximum absolute atomic E-state index is 12.9. The standard InChI is InChI=1S/C12H12BrFO3/c1-2-16-12(15)4-3-7-17-11-8-9(14)5-6-10(11)13/h3-6,8H,2,7H2,1H3/b4-3+. The maximum Gasteiger partial charge on any atom is 0.330 e. The third-order valence-electron chi connectivity index (χ3n) is 1.77. The van der Waals surface area contributed by atoms with Crippen LogP contribution >= 0.6 is 15.9 Å². The minimum atomic E-state index is -0.422. The second kappa shape index (κ2) is 7.06. The van der Waals surface area contributed by atoms with Gasteiger partial charge in [-0.3, -0.25) is 0 Å². The van der Waals surface area contributed by atoms with E-state index in [0.717, 1.165) is 0 Å². The van der Waals surface area contributed by atoms with Crippen LogP contribution in [0.1, 0.15) is 6.92 Å². The summed E-state index contributed by atoms with van der Waals surface area (Å²) in [5.41, 5.74) is 0. The van der Waals surface area contributed by atoms with Crippen LogP contribution in [0.3, 0.4) is 0 Å². The molecule has 0 amide bonds. The highest BCUT2D eigenvalue weighted by Gasteiger charge is 2.01. The molecule has 0 saturated carbocycles. The number of esters is 1. The van der Waals surface area contributed by atoms with Crippen molar-refractivity contribution >= 4 is 21.9 Å². The summed E-state index contributed by atoms with van der Waals surface area (Å²) in [6, 6.07) is 4.15. The molecule has 0 N–H and O–H groups in total. The molecule has 0 aliphatic carbocycles. The first-order chi connectivity index (χ1) is 8.13. The normalized spacial score (nSPS) is 10.5. The minimum absolute atomic E-state index is 0.168. The predicted octanol–water partition coefficient (Wildman–Crippen LogP) is 3.09. The lowest BCUT2D eigenvalue weighted by molar-refractivity contribution is -0.137. The zero-order valence-electron chi connectivity index (χ0n) is 9.28. The Balaban J connectivity index is 2.45. The zero-order valence-corrected chi connectivity index (χ0v) is 10.9. The molecule has 0 saturated heterocycles. The van der Waals surface area contributed by atoms with Gasteiger partial charge >= 0.3 is 5.97 Å². The van der Waals surface area contributed by atoms with E-state index in [9.17, 15) is 9.18 Å². The molecule has 0 heterocycles. The maximum atomic E-state index is 12.9. The van der Waals surface area contributed by atoms with Crippen LogP contribution in [0.5, 0.6) is 5.75 Å². The topological polar surface area (TPSA) is 35.5 Å². The van der Waals surface area contributed by atoms with Gasteiger partial charge in [-0.05, 0) is 41.1 Å². The van der Waals surface area contributed by atoms with E-state index in [1.54, 1.807) is 13.0 Å². The lowest BCUT2D eigenvalue weighted by Gasteiger charge is -2.05. The molecular formula is C12H12BrFO3. The fourth-order valence-corrected chi connectivity index (χ4v) is 1.42. The molecule has 0 aliphatic rings. The Morgan fingerprint density at radius 3 is 3.00 bits per heavy atom. The first-order valence-corrected chi connectivity index (χ1v) is 5.84. The van der Waals surface area contributed by atoms with Gasteiger partial charge in [-0.1, -0.05) is 0 Å². The van der Waals surface area contributed by atoms with E-state index in [1.807, 2.05) is 0 Å². The molecule has 1 aromatic rings. The summed E-state index contributed by atoms with van der Waals surface area (Å²) in [7, 11) is 0. The summed E-state index contributed by atoms with van der Waals surface area (Å²) in [6.07, 6.45) is 2.78. The third-order valence-corrected chi connectivity index (χ3v) is 2.42. The summed E-state index contributed by atoms with van der Waals surface area (Å²) in [5, 5.41) is 0. The molecule has 0 atom stereocenters. The molecule has 0 spiro atoms.